The van der Waals surface area contributed by atoms with Gasteiger partial charge in [-0.1, -0.05) is 0 Å². The highest BCUT2D eigenvalue weighted by Crippen LogP contribution is 2.03. The molecule has 3 N–H and O–H groups in total. The summed E-state index contributed by atoms with van der Waals surface area (Å²) in [4.78, 5) is 14.9. The molecule has 0 aromatic carbocycles. The fourth-order valence-corrected chi connectivity index (χ4v) is 0.920. The van der Waals surface area contributed by atoms with Crippen molar-refractivity contribution < 1.29 is 9.18 Å². The first-order chi connectivity index (χ1) is 6.65. The van der Waals surface area contributed by atoms with Crippen LogP contribution in [-0.4, -0.2) is 23.5 Å². The van der Waals surface area contributed by atoms with Crippen LogP contribution in [0.3, 0.4) is 0 Å². The number of amides is 1. The number of nitrogens with zero attached hydrogens (tertiary/aromatic N) is 1. The summed E-state index contributed by atoms with van der Waals surface area (Å²) in [7, 11) is 0. The maximum atomic E-state index is 13.0. The zero-order chi connectivity index (χ0) is 10.6. The highest BCUT2D eigenvalue weighted by molar-refractivity contribution is 5.94. The summed E-state index contributed by atoms with van der Waals surface area (Å²) in [5, 5.41) is 2.55. The van der Waals surface area contributed by atoms with Crippen molar-refractivity contribution in [3.63, 3.8) is 0 Å². The van der Waals surface area contributed by atoms with E-state index in [1.54, 1.807) is 6.92 Å². The Hall–Kier alpha value is -1.49. The predicted octanol–water partition coefficient (Wildman–Crippen LogP) is 0.298. The Morgan fingerprint density at radius 2 is 2.50 bits per heavy atom. The summed E-state index contributed by atoms with van der Waals surface area (Å²) < 4.78 is 13.0. The number of carbonyl (C=O) groups is 1. The predicted molar refractivity (Wildman–Crippen MR) is 50.2 cm³/mol. The van der Waals surface area contributed by atoms with E-state index < -0.39 is 11.7 Å². The lowest BCUT2D eigenvalue weighted by Gasteiger charge is -2.11. The molecule has 1 atom stereocenters. The van der Waals surface area contributed by atoms with Crippen LogP contribution in [0.15, 0.2) is 18.5 Å². The number of carbonyl (C=O) groups excluding carboxylic acids is 1. The highest BCUT2D eigenvalue weighted by Gasteiger charge is 2.12. The van der Waals surface area contributed by atoms with Gasteiger partial charge >= 0.3 is 0 Å². The molecule has 0 aliphatic heterocycles. The van der Waals surface area contributed by atoms with Gasteiger partial charge in [-0.15, -0.1) is 0 Å². The second kappa shape index (κ2) is 4.66. The summed E-state index contributed by atoms with van der Waals surface area (Å²) in [5.41, 5.74) is 5.30. The molecule has 0 radical (unpaired) electrons. The molecule has 14 heavy (non-hydrogen) atoms. The standard InChI is InChI=1S/C9H12FN3O/c1-6(4-11)13-9(14)7-2-3-12-5-8(7)10/h2-3,5-6H,4,11H2,1H3,(H,13,14). The second-order valence-electron chi connectivity index (χ2n) is 2.97. The summed E-state index contributed by atoms with van der Waals surface area (Å²) in [6.45, 7) is 2.06. The molecule has 0 saturated heterocycles. The average molecular weight is 197 g/mol. The molecule has 1 aromatic rings. The molecule has 1 unspecified atom stereocenters. The maximum Gasteiger partial charge on any atom is 0.254 e. The Balaban J connectivity index is 2.75. The number of pyridine rings is 1. The van der Waals surface area contributed by atoms with Crippen molar-refractivity contribution in [3.05, 3.63) is 29.8 Å². The molecular formula is C9H12FN3O. The first-order valence-corrected chi connectivity index (χ1v) is 4.25. The third kappa shape index (κ3) is 2.50. The van der Waals surface area contributed by atoms with Gasteiger partial charge in [-0.2, -0.15) is 0 Å². The Bertz CT molecular complexity index is 330. The molecule has 1 rings (SSSR count). The van der Waals surface area contributed by atoms with Crippen molar-refractivity contribution in [1.29, 1.82) is 0 Å². The van der Waals surface area contributed by atoms with Crippen LogP contribution < -0.4 is 11.1 Å². The van der Waals surface area contributed by atoms with Gasteiger partial charge in [-0.05, 0) is 13.0 Å². The van der Waals surface area contributed by atoms with Crippen molar-refractivity contribution in [1.82, 2.24) is 10.3 Å². The quantitative estimate of drug-likeness (QED) is 0.732. The number of nitrogens with two attached hydrogens (primary N) is 1. The van der Waals surface area contributed by atoms with E-state index in [0.717, 1.165) is 6.20 Å². The topological polar surface area (TPSA) is 68.0 Å². The molecule has 0 bridgehead atoms. The van der Waals surface area contributed by atoms with E-state index in [4.69, 9.17) is 5.73 Å². The molecule has 0 aliphatic rings. The molecule has 1 heterocycles. The first kappa shape index (κ1) is 10.6. The fraction of sp³-hybridized carbons (Fsp3) is 0.333. The molecule has 1 aromatic heterocycles. The van der Waals surface area contributed by atoms with Crippen molar-refractivity contribution in [2.75, 3.05) is 6.54 Å². The van der Waals surface area contributed by atoms with Crippen LogP contribution in [0.25, 0.3) is 0 Å². The summed E-state index contributed by atoms with van der Waals surface area (Å²) >= 11 is 0. The van der Waals surface area contributed by atoms with E-state index in [0.29, 0.717) is 6.54 Å². The molecule has 5 heteroatoms. The molecule has 0 spiro atoms. The third-order valence-corrected chi connectivity index (χ3v) is 1.75. The minimum atomic E-state index is -0.630. The molecule has 76 valence electrons. The number of aromatic nitrogens is 1. The molecule has 0 aliphatic carbocycles. The molecule has 1 amide bonds. The van der Waals surface area contributed by atoms with Gasteiger partial charge in [0, 0.05) is 18.8 Å². The van der Waals surface area contributed by atoms with E-state index in [9.17, 15) is 9.18 Å². The zero-order valence-electron chi connectivity index (χ0n) is 7.83. The van der Waals surface area contributed by atoms with E-state index in [1.165, 1.54) is 12.3 Å². The average Bonchev–Trinajstić information content (AvgIpc) is 2.18. The minimum absolute atomic E-state index is 0.0136. The third-order valence-electron chi connectivity index (χ3n) is 1.75. The van der Waals surface area contributed by atoms with E-state index in [-0.39, 0.29) is 11.6 Å². The van der Waals surface area contributed by atoms with E-state index in [2.05, 4.69) is 10.3 Å². The lowest BCUT2D eigenvalue weighted by atomic mass is 10.2. The lowest BCUT2D eigenvalue weighted by Crippen LogP contribution is -2.38. The highest BCUT2D eigenvalue weighted by atomic mass is 19.1. The van der Waals surface area contributed by atoms with Crippen LogP contribution in [0.5, 0.6) is 0 Å². The van der Waals surface area contributed by atoms with Crippen LogP contribution >= 0.6 is 0 Å². The van der Waals surface area contributed by atoms with Crippen LogP contribution in [0, 0.1) is 5.82 Å². The number of halogens is 1. The van der Waals surface area contributed by atoms with Crippen molar-refractivity contribution >= 4 is 5.91 Å². The lowest BCUT2D eigenvalue weighted by molar-refractivity contribution is 0.0937. The van der Waals surface area contributed by atoms with Crippen molar-refractivity contribution in [2.45, 2.75) is 13.0 Å². The maximum absolute atomic E-state index is 13.0. The van der Waals surface area contributed by atoms with Gasteiger partial charge in [0.25, 0.3) is 5.91 Å². The van der Waals surface area contributed by atoms with Crippen LogP contribution in [-0.2, 0) is 0 Å². The van der Waals surface area contributed by atoms with Gasteiger partial charge in [0.2, 0.25) is 0 Å². The number of hydrogen-bond donors (Lipinski definition) is 2. The molecule has 0 saturated carbocycles. The minimum Gasteiger partial charge on any atom is -0.348 e. The Kier molecular flexibility index (Phi) is 3.53. The van der Waals surface area contributed by atoms with Crippen molar-refractivity contribution in [3.8, 4) is 0 Å². The normalized spacial score (nSPS) is 12.2. The smallest absolute Gasteiger partial charge is 0.254 e. The van der Waals surface area contributed by atoms with Gasteiger partial charge in [-0.25, -0.2) is 4.39 Å². The SMILES string of the molecule is CC(CN)NC(=O)c1ccncc1F. The molecular weight excluding hydrogens is 185 g/mol. The second-order valence-corrected chi connectivity index (χ2v) is 2.97. The Labute approximate surface area is 81.3 Å². The van der Waals surface area contributed by atoms with Crippen LogP contribution in [0.4, 0.5) is 4.39 Å². The van der Waals surface area contributed by atoms with Gasteiger partial charge < -0.3 is 11.1 Å². The Morgan fingerprint density at radius 3 is 3.07 bits per heavy atom. The van der Waals surface area contributed by atoms with Crippen molar-refractivity contribution in [2.24, 2.45) is 5.73 Å². The van der Waals surface area contributed by atoms with Crippen LogP contribution in [0.1, 0.15) is 17.3 Å². The number of rotatable bonds is 3. The largest absolute Gasteiger partial charge is 0.348 e. The number of nitrogens with one attached hydrogen (secondary N) is 1. The molecule has 4 nitrogen and oxygen atoms in total. The van der Waals surface area contributed by atoms with Gasteiger partial charge in [0.05, 0.1) is 11.8 Å². The monoisotopic (exact) mass is 197 g/mol. The summed E-state index contributed by atoms with van der Waals surface area (Å²) in [6.07, 6.45) is 2.37. The van der Waals surface area contributed by atoms with Gasteiger partial charge in [0.15, 0.2) is 5.82 Å². The molecule has 0 fully saturated rings. The van der Waals surface area contributed by atoms with Crippen LogP contribution in [0.2, 0.25) is 0 Å². The first-order valence-electron chi connectivity index (χ1n) is 4.25. The number of hydrogen-bond acceptors (Lipinski definition) is 3. The van der Waals surface area contributed by atoms with Gasteiger partial charge in [0.1, 0.15) is 0 Å². The summed E-state index contributed by atoms with van der Waals surface area (Å²) in [5.74, 6) is -1.10. The van der Waals surface area contributed by atoms with E-state index in [1.807, 2.05) is 0 Å². The van der Waals surface area contributed by atoms with Gasteiger partial charge in [-0.3, -0.25) is 9.78 Å². The fourth-order valence-electron chi connectivity index (χ4n) is 0.920. The summed E-state index contributed by atoms with van der Waals surface area (Å²) in [6, 6.07) is 1.16. The Morgan fingerprint density at radius 1 is 1.79 bits per heavy atom. The van der Waals surface area contributed by atoms with E-state index >= 15 is 0 Å². The zero-order valence-corrected chi connectivity index (χ0v) is 7.83.